The van der Waals surface area contributed by atoms with E-state index in [0.717, 1.165) is 16.7 Å². The minimum atomic E-state index is -0.325. The van der Waals surface area contributed by atoms with E-state index in [0.29, 0.717) is 11.6 Å². The number of hydrogen-bond donors (Lipinski definition) is 2. The van der Waals surface area contributed by atoms with Crippen LogP contribution in [0.3, 0.4) is 0 Å². The van der Waals surface area contributed by atoms with Gasteiger partial charge in [-0.1, -0.05) is 23.3 Å². The van der Waals surface area contributed by atoms with Crippen molar-refractivity contribution in [1.82, 2.24) is 25.2 Å². The summed E-state index contributed by atoms with van der Waals surface area (Å²) in [6.07, 6.45) is 6.09. The standard InChI is InChI=1S/C18H18N6O/c1-13-9-14(2)11-15(10-13)18-20-12-24(23-18)8-6-17(25)22-21-16-5-3-4-7-19-16/h3-12H,1-2H3,(H,19,21)(H,22,25)/b8-6-. The summed E-state index contributed by atoms with van der Waals surface area (Å²) in [6, 6.07) is 11.5. The van der Waals surface area contributed by atoms with Crippen molar-refractivity contribution >= 4 is 17.9 Å². The van der Waals surface area contributed by atoms with Crippen molar-refractivity contribution in [3.05, 3.63) is 66.1 Å². The van der Waals surface area contributed by atoms with Gasteiger partial charge in [0, 0.05) is 24.0 Å². The maximum atomic E-state index is 11.8. The Morgan fingerprint density at radius 2 is 1.92 bits per heavy atom. The average molecular weight is 334 g/mol. The summed E-state index contributed by atoms with van der Waals surface area (Å²) in [5.41, 5.74) is 8.50. The van der Waals surface area contributed by atoms with E-state index in [-0.39, 0.29) is 5.91 Å². The molecule has 0 aliphatic carbocycles. The molecule has 0 saturated heterocycles. The third-order valence-electron chi connectivity index (χ3n) is 3.35. The number of amides is 1. The third-order valence-corrected chi connectivity index (χ3v) is 3.35. The van der Waals surface area contributed by atoms with Crippen LogP contribution in [0.5, 0.6) is 0 Å². The van der Waals surface area contributed by atoms with E-state index in [2.05, 4.69) is 32.0 Å². The van der Waals surface area contributed by atoms with Crippen LogP contribution in [-0.2, 0) is 4.79 Å². The largest absolute Gasteiger partial charge is 0.282 e. The Kier molecular flexibility index (Phi) is 4.84. The summed E-state index contributed by atoms with van der Waals surface area (Å²) in [5.74, 6) is 0.847. The van der Waals surface area contributed by atoms with E-state index >= 15 is 0 Å². The summed E-state index contributed by atoms with van der Waals surface area (Å²) in [4.78, 5) is 20.1. The van der Waals surface area contributed by atoms with Gasteiger partial charge in [0.05, 0.1) is 0 Å². The first-order chi connectivity index (χ1) is 12.1. The minimum absolute atomic E-state index is 0.325. The van der Waals surface area contributed by atoms with Crippen LogP contribution in [-0.4, -0.2) is 25.7 Å². The summed E-state index contributed by atoms with van der Waals surface area (Å²) in [5, 5.41) is 4.36. The second kappa shape index (κ2) is 7.39. The molecule has 1 aromatic carbocycles. The van der Waals surface area contributed by atoms with Crippen LogP contribution in [0.25, 0.3) is 17.6 Å². The van der Waals surface area contributed by atoms with Gasteiger partial charge in [0.25, 0.3) is 5.91 Å². The molecular weight excluding hydrogens is 316 g/mol. The zero-order chi connectivity index (χ0) is 17.6. The number of nitrogens with one attached hydrogen (secondary N) is 2. The van der Waals surface area contributed by atoms with Crippen LogP contribution in [0.1, 0.15) is 11.1 Å². The number of aromatic nitrogens is 4. The Balaban J connectivity index is 1.62. The molecule has 2 heterocycles. The van der Waals surface area contributed by atoms with Gasteiger partial charge in [-0.3, -0.25) is 15.6 Å². The molecule has 0 fully saturated rings. The molecule has 0 unspecified atom stereocenters. The van der Waals surface area contributed by atoms with Gasteiger partial charge in [-0.05, 0) is 38.1 Å². The number of rotatable bonds is 5. The maximum absolute atomic E-state index is 11.8. The summed E-state index contributed by atoms with van der Waals surface area (Å²) < 4.78 is 1.49. The first-order valence-corrected chi connectivity index (χ1v) is 7.75. The predicted molar refractivity (Wildman–Crippen MR) is 96.3 cm³/mol. The number of carbonyl (C=O) groups excluding carboxylic acids is 1. The number of carbonyl (C=O) groups is 1. The number of pyridine rings is 1. The van der Waals surface area contributed by atoms with Crippen molar-refractivity contribution in [3.63, 3.8) is 0 Å². The second-order valence-corrected chi connectivity index (χ2v) is 5.57. The molecule has 0 spiro atoms. The van der Waals surface area contributed by atoms with Crippen LogP contribution < -0.4 is 10.9 Å². The topological polar surface area (TPSA) is 84.7 Å². The normalized spacial score (nSPS) is 10.8. The molecule has 7 heteroatoms. The predicted octanol–water partition coefficient (Wildman–Crippen LogP) is 2.57. The van der Waals surface area contributed by atoms with Crippen molar-refractivity contribution < 1.29 is 4.79 Å². The van der Waals surface area contributed by atoms with Gasteiger partial charge >= 0.3 is 0 Å². The Bertz CT molecular complexity index is 881. The van der Waals surface area contributed by atoms with Crippen LogP contribution >= 0.6 is 0 Å². The highest BCUT2D eigenvalue weighted by Crippen LogP contribution is 2.18. The van der Waals surface area contributed by atoms with Crippen molar-refractivity contribution in [2.75, 3.05) is 5.43 Å². The smallest absolute Gasteiger partial charge is 0.263 e. The first kappa shape index (κ1) is 16.4. The van der Waals surface area contributed by atoms with Crippen LogP contribution in [0.2, 0.25) is 0 Å². The Hall–Kier alpha value is -3.48. The van der Waals surface area contributed by atoms with Gasteiger partial charge < -0.3 is 0 Å². The van der Waals surface area contributed by atoms with E-state index in [1.165, 1.54) is 17.0 Å². The molecule has 0 radical (unpaired) electrons. The number of nitrogens with zero attached hydrogens (tertiary/aromatic N) is 4. The summed E-state index contributed by atoms with van der Waals surface area (Å²) in [7, 11) is 0. The lowest BCUT2D eigenvalue weighted by molar-refractivity contribution is -0.116. The summed E-state index contributed by atoms with van der Waals surface area (Å²) in [6.45, 7) is 4.07. The molecule has 126 valence electrons. The van der Waals surface area contributed by atoms with Gasteiger partial charge in [0.15, 0.2) is 5.82 Å². The third kappa shape index (κ3) is 4.51. The quantitative estimate of drug-likeness (QED) is 0.553. The van der Waals surface area contributed by atoms with E-state index < -0.39 is 0 Å². The molecule has 0 bridgehead atoms. The molecule has 3 aromatic rings. The molecule has 7 nitrogen and oxygen atoms in total. The van der Waals surface area contributed by atoms with Gasteiger partial charge in [0.1, 0.15) is 12.1 Å². The summed E-state index contributed by atoms with van der Waals surface area (Å²) >= 11 is 0. The Morgan fingerprint density at radius 3 is 2.64 bits per heavy atom. The van der Waals surface area contributed by atoms with Crippen molar-refractivity contribution in [2.45, 2.75) is 13.8 Å². The van der Waals surface area contributed by atoms with Crippen LogP contribution in [0, 0.1) is 13.8 Å². The van der Waals surface area contributed by atoms with E-state index in [9.17, 15) is 4.79 Å². The van der Waals surface area contributed by atoms with Gasteiger partial charge in [-0.25, -0.2) is 14.6 Å². The number of hydrazine groups is 1. The van der Waals surface area contributed by atoms with E-state index in [1.807, 2.05) is 32.0 Å². The zero-order valence-corrected chi connectivity index (χ0v) is 14.0. The van der Waals surface area contributed by atoms with Gasteiger partial charge in [-0.15, -0.1) is 5.10 Å². The maximum Gasteiger partial charge on any atom is 0.263 e. The van der Waals surface area contributed by atoms with Crippen molar-refractivity contribution in [3.8, 4) is 11.4 Å². The number of hydrogen-bond acceptors (Lipinski definition) is 5. The van der Waals surface area contributed by atoms with Crippen molar-refractivity contribution in [2.24, 2.45) is 0 Å². The molecule has 2 N–H and O–H groups in total. The lowest BCUT2D eigenvalue weighted by atomic mass is 10.1. The highest BCUT2D eigenvalue weighted by Gasteiger charge is 2.05. The van der Waals surface area contributed by atoms with E-state index in [1.54, 1.807) is 24.7 Å². The van der Waals surface area contributed by atoms with Gasteiger partial charge in [-0.2, -0.15) is 0 Å². The molecule has 3 rings (SSSR count). The first-order valence-electron chi connectivity index (χ1n) is 7.75. The van der Waals surface area contributed by atoms with Crippen molar-refractivity contribution in [1.29, 1.82) is 0 Å². The highest BCUT2D eigenvalue weighted by atomic mass is 16.2. The molecule has 25 heavy (non-hydrogen) atoms. The monoisotopic (exact) mass is 334 g/mol. The fourth-order valence-corrected chi connectivity index (χ4v) is 2.33. The number of aryl methyl sites for hydroxylation is 2. The fraction of sp³-hybridized carbons (Fsp3) is 0.111. The molecule has 0 atom stereocenters. The lowest BCUT2D eigenvalue weighted by Gasteiger charge is -2.04. The number of benzene rings is 1. The molecular formula is C18H18N6O. The van der Waals surface area contributed by atoms with Gasteiger partial charge in [0.2, 0.25) is 0 Å². The SMILES string of the molecule is Cc1cc(C)cc(-c2ncn(/C=C\C(=O)NNc3ccccn3)n2)c1. The molecule has 0 saturated carbocycles. The molecule has 0 aliphatic rings. The Labute approximate surface area is 145 Å². The molecule has 1 amide bonds. The highest BCUT2D eigenvalue weighted by molar-refractivity contribution is 5.90. The van der Waals surface area contributed by atoms with Crippen LogP contribution in [0.4, 0.5) is 5.82 Å². The molecule has 2 aromatic heterocycles. The lowest BCUT2D eigenvalue weighted by Crippen LogP contribution is -2.28. The van der Waals surface area contributed by atoms with E-state index in [4.69, 9.17) is 0 Å². The second-order valence-electron chi connectivity index (χ2n) is 5.57. The zero-order valence-electron chi connectivity index (χ0n) is 14.0. The number of anilines is 1. The Morgan fingerprint density at radius 1 is 1.12 bits per heavy atom. The fourth-order valence-electron chi connectivity index (χ4n) is 2.33. The average Bonchev–Trinajstić information content (AvgIpc) is 3.07. The molecule has 0 aliphatic heterocycles. The van der Waals surface area contributed by atoms with Crippen LogP contribution in [0.15, 0.2) is 55.0 Å². The minimum Gasteiger partial charge on any atom is -0.282 e.